The summed E-state index contributed by atoms with van der Waals surface area (Å²) in [6, 6.07) is 14.2. The first-order chi connectivity index (χ1) is 11.1. The van der Waals surface area contributed by atoms with Crippen LogP contribution in [0.5, 0.6) is 0 Å². The van der Waals surface area contributed by atoms with Crippen molar-refractivity contribution in [3.05, 3.63) is 65.5 Å². The third-order valence-electron chi connectivity index (χ3n) is 3.63. The van der Waals surface area contributed by atoms with Gasteiger partial charge in [0.2, 0.25) is 5.91 Å². The van der Waals surface area contributed by atoms with Crippen LogP contribution in [0.25, 0.3) is 0 Å². The predicted molar refractivity (Wildman–Crippen MR) is 91.9 cm³/mol. The Labute approximate surface area is 136 Å². The largest absolute Gasteiger partial charge is 0.326 e. The van der Waals surface area contributed by atoms with Crippen LogP contribution < -0.4 is 10.6 Å². The van der Waals surface area contributed by atoms with E-state index in [-0.39, 0.29) is 11.7 Å². The number of anilines is 1. The fraction of sp³-hybridized carbons (Fsp3) is 0.316. The number of amides is 1. The van der Waals surface area contributed by atoms with E-state index in [1.54, 1.807) is 12.1 Å². The van der Waals surface area contributed by atoms with Crippen molar-refractivity contribution in [2.75, 3.05) is 11.9 Å². The Bertz CT molecular complexity index is 638. The molecule has 0 radical (unpaired) electrons. The Morgan fingerprint density at radius 3 is 2.48 bits per heavy atom. The minimum atomic E-state index is -0.239. The standard InChI is InChI=1S/C19H23FN2O/c1-14(2)17-5-3-4-6-18(17)22-19(23)11-12-21-13-15-7-9-16(20)10-8-15/h3-10,14,21H,11-13H2,1-2H3,(H,22,23). The van der Waals surface area contributed by atoms with Crippen molar-refractivity contribution in [2.24, 2.45) is 0 Å². The number of benzene rings is 2. The second-order valence-corrected chi connectivity index (χ2v) is 5.84. The summed E-state index contributed by atoms with van der Waals surface area (Å²) >= 11 is 0. The molecule has 3 nitrogen and oxygen atoms in total. The molecule has 0 spiro atoms. The van der Waals surface area contributed by atoms with E-state index in [0.29, 0.717) is 25.4 Å². The normalized spacial score (nSPS) is 10.8. The lowest BCUT2D eigenvalue weighted by molar-refractivity contribution is -0.116. The van der Waals surface area contributed by atoms with Gasteiger partial charge in [0.15, 0.2) is 0 Å². The number of hydrogen-bond donors (Lipinski definition) is 2. The van der Waals surface area contributed by atoms with E-state index < -0.39 is 0 Å². The van der Waals surface area contributed by atoms with Crippen molar-refractivity contribution in [2.45, 2.75) is 32.7 Å². The summed E-state index contributed by atoms with van der Waals surface area (Å²) in [6.07, 6.45) is 0.396. The molecule has 0 aliphatic heterocycles. The van der Waals surface area contributed by atoms with E-state index in [0.717, 1.165) is 16.8 Å². The van der Waals surface area contributed by atoms with Gasteiger partial charge in [0.25, 0.3) is 0 Å². The molecule has 0 bridgehead atoms. The summed E-state index contributed by atoms with van der Waals surface area (Å²) in [5.41, 5.74) is 3.02. The zero-order chi connectivity index (χ0) is 16.7. The van der Waals surface area contributed by atoms with Crippen molar-refractivity contribution in [3.63, 3.8) is 0 Å². The Kier molecular flexibility index (Phi) is 6.29. The van der Waals surface area contributed by atoms with Crippen molar-refractivity contribution < 1.29 is 9.18 Å². The first-order valence-corrected chi connectivity index (χ1v) is 7.90. The Hall–Kier alpha value is -2.20. The number of carbonyl (C=O) groups excluding carboxylic acids is 1. The third-order valence-corrected chi connectivity index (χ3v) is 3.63. The Morgan fingerprint density at radius 2 is 1.78 bits per heavy atom. The molecule has 0 unspecified atom stereocenters. The smallest absolute Gasteiger partial charge is 0.225 e. The molecule has 23 heavy (non-hydrogen) atoms. The van der Waals surface area contributed by atoms with Gasteiger partial charge in [-0.1, -0.05) is 44.2 Å². The first-order valence-electron chi connectivity index (χ1n) is 7.90. The fourth-order valence-electron chi connectivity index (χ4n) is 2.36. The maximum Gasteiger partial charge on any atom is 0.225 e. The molecular formula is C19H23FN2O. The molecule has 0 aliphatic rings. The molecule has 0 atom stereocenters. The second-order valence-electron chi connectivity index (χ2n) is 5.84. The number of para-hydroxylation sites is 1. The SMILES string of the molecule is CC(C)c1ccccc1NC(=O)CCNCc1ccc(F)cc1. The Balaban J connectivity index is 1.76. The molecule has 0 heterocycles. The van der Waals surface area contributed by atoms with Crippen LogP contribution in [0, 0.1) is 5.82 Å². The molecular weight excluding hydrogens is 291 g/mol. The minimum Gasteiger partial charge on any atom is -0.326 e. The maximum atomic E-state index is 12.8. The summed E-state index contributed by atoms with van der Waals surface area (Å²) in [5, 5.41) is 6.16. The summed E-state index contributed by atoms with van der Waals surface area (Å²) in [4.78, 5) is 12.0. The third kappa shape index (κ3) is 5.49. The van der Waals surface area contributed by atoms with Gasteiger partial charge >= 0.3 is 0 Å². The van der Waals surface area contributed by atoms with Crippen molar-refractivity contribution >= 4 is 11.6 Å². The highest BCUT2D eigenvalue weighted by molar-refractivity contribution is 5.91. The van der Waals surface area contributed by atoms with Gasteiger partial charge in [0.1, 0.15) is 5.82 Å². The summed E-state index contributed by atoms with van der Waals surface area (Å²) < 4.78 is 12.8. The second kappa shape index (κ2) is 8.44. The quantitative estimate of drug-likeness (QED) is 0.757. The Morgan fingerprint density at radius 1 is 1.09 bits per heavy atom. The van der Waals surface area contributed by atoms with Crippen LogP contribution in [0.3, 0.4) is 0 Å². The fourth-order valence-corrected chi connectivity index (χ4v) is 2.36. The average molecular weight is 314 g/mol. The molecule has 1 amide bonds. The van der Waals surface area contributed by atoms with Gasteiger partial charge in [-0.15, -0.1) is 0 Å². The molecule has 0 fully saturated rings. The van der Waals surface area contributed by atoms with Gasteiger partial charge in [-0.25, -0.2) is 4.39 Å². The molecule has 2 N–H and O–H groups in total. The van der Waals surface area contributed by atoms with Crippen LogP contribution in [0.15, 0.2) is 48.5 Å². The van der Waals surface area contributed by atoms with Gasteiger partial charge in [-0.3, -0.25) is 4.79 Å². The van der Waals surface area contributed by atoms with Gasteiger partial charge in [0, 0.05) is 25.2 Å². The van der Waals surface area contributed by atoms with Crippen LogP contribution in [0.1, 0.15) is 37.3 Å². The number of halogens is 1. The number of hydrogen-bond acceptors (Lipinski definition) is 2. The monoisotopic (exact) mass is 314 g/mol. The van der Waals surface area contributed by atoms with Gasteiger partial charge in [-0.05, 0) is 35.2 Å². The highest BCUT2D eigenvalue weighted by atomic mass is 19.1. The molecule has 4 heteroatoms. The van der Waals surface area contributed by atoms with E-state index in [9.17, 15) is 9.18 Å². The molecule has 0 aromatic heterocycles. The molecule has 2 aromatic rings. The molecule has 0 saturated heterocycles. The minimum absolute atomic E-state index is 0.00953. The average Bonchev–Trinajstić information content (AvgIpc) is 2.53. The lowest BCUT2D eigenvalue weighted by Crippen LogP contribution is -2.22. The zero-order valence-corrected chi connectivity index (χ0v) is 13.6. The molecule has 122 valence electrons. The zero-order valence-electron chi connectivity index (χ0n) is 13.6. The first kappa shape index (κ1) is 17.2. The molecule has 2 rings (SSSR count). The van der Waals surface area contributed by atoms with E-state index >= 15 is 0 Å². The lowest BCUT2D eigenvalue weighted by atomic mass is 10.0. The van der Waals surface area contributed by atoms with Gasteiger partial charge < -0.3 is 10.6 Å². The molecule has 0 saturated carbocycles. The topological polar surface area (TPSA) is 41.1 Å². The van der Waals surface area contributed by atoms with E-state index in [1.807, 2.05) is 24.3 Å². The highest BCUT2D eigenvalue weighted by Crippen LogP contribution is 2.23. The van der Waals surface area contributed by atoms with Crippen LogP contribution in [0.2, 0.25) is 0 Å². The molecule has 0 aliphatic carbocycles. The summed E-state index contributed by atoms with van der Waals surface area (Å²) in [6.45, 7) is 5.41. The number of nitrogens with one attached hydrogen (secondary N) is 2. The lowest BCUT2D eigenvalue weighted by Gasteiger charge is -2.13. The van der Waals surface area contributed by atoms with E-state index in [2.05, 4.69) is 24.5 Å². The predicted octanol–water partition coefficient (Wildman–Crippen LogP) is 4.07. The van der Waals surface area contributed by atoms with Crippen molar-refractivity contribution in [3.8, 4) is 0 Å². The van der Waals surface area contributed by atoms with Gasteiger partial charge in [0.05, 0.1) is 0 Å². The molecule has 2 aromatic carbocycles. The van der Waals surface area contributed by atoms with Crippen LogP contribution in [-0.4, -0.2) is 12.5 Å². The van der Waals surface area contributed by atoms with Crippen LogP contribution >= 0.6 is 0 Å². The van der Waals surface area contributed by atoms with Crippen molar-refractivity contribution in [1.82, 2.24) is 5.32 Å². The van der Waals surface area contributed by atoms with Crippen LogP contribution in [0.4, 0.5) is 10.1 Å². The number of carbonyl (C=O) groups is 1. The highest BCUT2D eigenvalue weighted by Gasteiger charge is 2.08. The van der Waals surface area contributed by atoms with E-state index in [1.165, 1.54) is 12.1 Å². The number of rotatable bonds is 7. The maximum absolute atomic E-state index is 12.8. The van der Waals surface area contributed by atoms with E-state index in [4.69, 9.17) is 0 Å². The summed E-state index contributed by atoms with van der Waals surface area (Å²) in [5.74, 6) is 0.116. The van der Waals surface area contributed by atoms with Crippen LogP contribution in [-0.2, 0) is 11.3 Å². The van der Waals surface area contributed by atoms with Crippen molar-refractivity contribution in [1.29, 1.82) is 0 Å². The van der Waals surface area contributed by atoms with Gasteiger partial charge in [-0.2, -0.15) is 0 Å². The summed E-state index contributed by atoms with van der Waals surface area (Å²) in [7, 11) is 0.